The zero-order valence-corrected chi connectivity index (χ0v) is 29.1. The van der Waals surface area contributed by atoms with Crippen LogP contribution in [0.2, 0.25) is 0 Å². The minimum atomic E-state index is -0.560. The molecule has 0 aliphatic carbocycles. The van der Waals surface area contributed by atoms with E-state index in [1.54, 1.807) is 0 Å². The third-order valence-electron chi connectivity index (χ3n) is 7.22. The number of aliphatic hydroxyl groups excluding tert-OH is 1. The normalized spacial score (nSPS) is 13.4. The van der Waals surface area contributed by atoms with Gasteiger partial charge >= 0.3 is 5.97 Å². The number of carbonyl (C=O) groups is 1. The van der Waals surface area contributed by atoms with Gasteiger partial charge in [-0.25, -0.2) is 0 Å². The molecule has 0 heterocycles. The van der Waals surface area contributed by atoms with Crippen LogP contribution in [-0.2, 0) is 14.3 Å². The highest BCUT2D eigenvalue weighted by atomic mass is 16.6. The summed E-state index contributed by atoms with van der Waals surface area (Å²) in [6, 6.07) is 0. The second-order valence-electron chi connectivity index (χ2n) is 11.5. The molecule has 0 aliphatic heterocycles. The predicted octanol–water partition coefficient (Wildman–Crippen LogP) is 11.6. The third kappa shape index (κ3) is 35.9. The van der Waals surface area contributed by atoms with Crippen LogP contribution >= 0.6 is 0 Å². The number of hydrogen-bond donors (Lipinski definition) is 1. The van der Waals surface area contributed by atoms with Crippen molar-refractivity contribution < 1.29 is 19.4 Å². The van der Waals surface area contributed by atoms with Crippen LogP contribution in [0, 0.1) is 0 Å². The van der Waals surface area contributed by atoms with Crippen LogP contribution in [0.5, 0.6) is 0 Å². The number of ether oxygens (including phenoxy) is 2. The molecule has 0 spiro atoms. The van der Waals surface area contributed by atoms with Gasteiger partial charge in [0, 0.05) is 13.0 Å². The lowest BCUT2D eigenvalue weighted by Gasteiger charge is -2.15. The Kier molecular flexibility index (Phi) is 35.7. The zero-order valence-electron chi connectivity index (χ0n) is 29.1. The molecule has 0 aliphatic rings. The standard InChI is InChI=1S/C41H68O4/c1-3-5-7-9-11-13-15-17-19-21-22-24-26-28-30-32-34-36-41(43)45-40(38-42)39-44-37-35-33-31-29-27-25-23-20-18-16-14-12-10-8-6-4-2/h5-8,11-14,17-20,25,27,40,42H,3-4,9-10,15-16,21-24,26,28-39H2,1-2H3/b7-5-,8-6-,13-11-,14-12-,19-17-,20-18-,27-25-. The lowest BCUT2D eigenvalue weighted by molar-refractivity contribution is -0.154. The van der Waals surface area contributed by atoms with Crippen molar-refractivity contribution in [2.24, 2.45) is 0 Å². The molecular formula is C41H68O4. The molecule has 45 heavy (non-hydrogen) atoms. The number of esters is 1. The molecule has 4 heteroatoms. The summed E-state index contributed by atoms with van der Waals surface area (Å²) in [4.78, 5) is 12.1. The molecular weight excluding hydrogens is 556 g/mol. The number of unbranched alkanes of at least 4 members (excludes halogenated alkanes) is 10. The fraction of sp³-hybridized carbons (Fsp3) is 0.634. The average molecular weight is 625 g/mol. The first-order chi connectivity index (χ1) is 22.2. The maximum Gasteiger partial charge on any atom is 0.306 e. The minimum absolute atomic E-state index is 0.194. The molecule has 0 bridgehead atoms. The average Bonchev–Trinajstić information content (AvgIpc) is 3.05. The van der Waals surface area contributed by atoms with Gasteiger partial charge in [0.25, 0.3) is 0 Å². The maximum absolute atomic E-state index is 12.1. The summed E-state index contributed by atoms with van der Waals surface area (Å²) in [5, 5.41) is 9.55. The monoisotopic (exact) mass is 625 g/mol. The van der Waals surface area contributed by atoms with Crippen LogP contribution in [0.3, 0.4) is 0 Å². The quantitative estimate of drug-likeness (QED) is 0.0459. The van der Waals surface area contributed by atoms with E-state index in [0.29, 0.717) is 13.0 Å². The Morgan fingerprint density at radius 1 is 0.533 bits per heavy atom. The van der Waals surface area contributed by atoms with Gasteiger partial charge in [-0.15, -0.1) is 0 Å². The number of hydrogen-bond acceptors (Lipinski definition) is 4. The first kappa shape index (κ1) is 42.6. The topological polar surface area (TPSA) is 55.8 Å². The molecule has 1 unspecified atom stereocenters. The SMILES string of the molecule is CC/C=C\C/C=C\C/C=C\C/C=C\CCCCCOCC(CO)OC(=O)CCCCCCCCC/C=C\C/C=C\C/C=C\CC. The Balaban J connectivity index is 3.56. The smallest absolute Gasteiger partial charge is 0.306 e. The van der Waals surface area contributed by atoms with Gasteiger partial charge in [-0.2, -0.15) is 0 Å². The summed E-state index contributed by atoms with van der Waals surface area (Å²) in [7, 11) is 0. The second kappa shape index (κ2) is 37.8. The van der Waals surface area contributed by atoms with Crippen molar-refractivity contribution in [3.63, 3.8) is 0 Å². The van der Waals surface area contributed by atoms with Gasteiger partial charge in [0.15, 0.2) is 0 Å². The summed E-state index contributed by atoms with van der Waals surface area (Å²) in [6.45, 7) is 5.02. The van der Waals surface area contributed by atoms with Gasteiger partial charge in [0.1, 0.15) is 6.10 Å². The molecule has 0 aromatic heterocycles. The van der Waals surface area contributed by atoms with E-state index >= 15 is 0 Å². The van der Waals surface area contributed by atoms with Crippen molar-refractivity contribution in [1.29, 1.82) is 0 Å². The fourth-order valence-corrected chi connectivity index (χ4v) is 4.57. The highest BCUT2D eigenvalue weighted by Crippen LogP contribution is 2.11. The van der Waals surface area contributed by atoms with Gasteiger partial charge in [-0.3, -0.25) is 4.79 Å². The molecule has 0 fully saturated rings. The van der Waals surface area contributed by atoms with Gasteiger partial charge in [0.05, 0.1) is 13.2 Å². The van der Waals surface area contributed by atoms with Crippen LogP contribution in [0.4, 0.5) is 0 Å². The Labute approximate surface area is 278 Å². The second-order valence-corrected chi connectivity index (χ2v) is 11.5. The van der Waals surface area contributed by atoms with E-state index in [1.807, 2.05) is 0 Å². The van der Waals surface area contributed by atoms with E-state index < -0.39 is 6.10 Å². The molecule has 1 atom stereocenters. The molecule has 0 aromatic rings. The van der Waals surface area contributed by atoms with Crippen LogP contribution in [-0.4, -0.2) is 37.0 Å². The molecule has 256 valence electrons. The first-order valence-corrected chi connectivity index (χ1v) is 18.2. The lowest BCUT2D eigenvalue weighted by atomic mass is 10.1. The maximum atomic E-state index is 12.1. The minimum Gasteiger partial charge on any atom is -0.457 e. The largest absolute Gasteiger partial charge is 0.457 e. The van der Waals surface area contributed by atoms with Gasteiger partial charge in [-0.05, 0) is 83.5 Å². The Morgan fingerprint density at radius 2 is 0.933 bits per heavy atom. The molecule has 0 radical (unpaired) electrons. The van der Waals surface area contributed by atoms with E-state index in [1.165, 1.54) is 25.7 Å². The molecule has 0 rings (SSSR count). The summed E-state index contributed by atoms with van der Waals surface area (Å²) in [6.07, 6.45) is 51.9. The number of aliphatic hydroxyl groups is 1. The number of carbonyl (C=O) groups excluding carboxylic acids is 1. The molecule has 0 aromatic carbocycles. The van der Waals surface area contributed by atoms with E-state index in [9.17, 15) is 9.90 Å². The summed E-state index contributed by atoms with van der Waals surface area (Å²) < 4.78 is 11.1. The summed E-state index contributed by atoms with van der Waals surface area (Å²) >= 11 is 0. The Bertz CT molecular complexity index is 830. The molecule has 0 saturated heterocycles. The predicted molar refractivity (Wildman–Crippen MR) is 195 cm³/mol. The Morgan fingerprint density at radius 3 is 1.40 bits per heavy atom. The van der Waals surface area contributed by atoms with Crippen LogP contribution in [0.25, 0.3) is 0 Å². The number of allylic oxidation sites excluding steroid dienone is 14. The van der Waals surface area contributed by atoms with Gasteiger partial charge in [-0.1, -0.05) is 137 Å². The Hall–Kier alpha value is -2.43. The highest BCUT2D eigenvalue weighted by Gasteiger charge is 2.13. The lowest BCUT2D eigenvalue weighted by Crippen LogP contribution is -2.27. The van der Waals surface area contributed by atoms with E-state index in [4.69, 9.17) is 9.47 Å². The van der Waals surface area contributed by atoms with Crippen molar-refractivity contribution >= 4 is 5.97 Å². The van der Waals surface area contributed by atoms with Crippen molar-refractivity contribution in [3.8, 4) is 0 Å². The van der Waals surface area contributed by atoms with E-state index in [2.05, 4.69) is 98.9 Å². The van der Waals surface area contributed by atoms with Crippen LogP contribution in [0.1, 0.15) is 142 Å². The molecule has 4 nitrogen and oxygen atoms in total. The van der Waals surface area contributed by atoms with Crippen molar-refractivity contribution in [2.75, 3.05) is 19.8 Å². The zero-order chi connectivity index (χ0) is 32.7. The third-order valence-corrected chi connectivity index (χ3v) is 7.22. The van der Waals surface area contributed by atoms with E-state index in [-0.39, 0.29) is 19.2 Å². The van der Waals surface area contributed by atoms with Crippen molar-refractivity contribution in [1.82, 2.24) is 0 Å². The fourth-order valence-electron chi connectivity index (χ4n) is 4.57. The van der Waals surface area contributed by atoms with Gasteiger partial charge < -0.3 is 14.6 Å². The molecule has 0 saturated carbocycles. The highest BCUT2D eigenvalue weighted by molar-refractivity contribution is 5.69. The van der Waals surface area contributed by atoms with Gasteiger partial charge in [0.2, 0.25) is 0 Å². The molecule has 0 amide bonds. The summed E-state index contributed by atoms with van der Waals surface area (Å²) in [5.74, 6) is -0.227. The van der Waals surface area contributed by atoms with E-state index in [0.717, 1.165) is 96.3 Å². The van der Waals surface area contributed by atoms with Crippen LogP contribution in [0.15, 0.2) is 85.1 Å². The number of rotatable bonds is 32. The van der Waals surface area contributed by atoms with Crippen molar-refractivity contribution in [3.05, 3.63) is 85.1 Å². The first-order valence-electron chi connectivity index (χ1n) is 18.2. The van der Waals surface area contributed by atoms with Crippen molar-refractivity contribution in [2.45, 2.75) is 148 Å². The van der Waals surface area contributed by atoms with Crippen LogP contribution < -0.4 is 0 Å². The molecule has 1 N–H and O–H groups in total. The summed E-state index contributed by atoms with van der Waals surface area (Å²) in [5.41, 5.74) is 0.